The van der Waals surface area contributed by atoms with Crippen molar-refractivity contribution in [2.75, 3.05) is 27.2 Å². The van der Waals surface area contributed by atoms with Gasteiger partial charge in [0.2, 0.25) is 0 Å². The number of quaternary nitrogens is 1. The molecule has 0 aromatic rings. The second kappa shape index (κ2) is 1.95. The van der Waals surface area contributed by atoms with Gasteiger partial charge in [0.05, 0.1) is 27.2 Å². The van der Waals surface area contributed by atoms with Gasteiger partial charge in [-0.1, -0.05) is 12.2 Å². The molecule has 4 atom stereocenters. The second-order valence-electron chi connectivity index (χ2n) is 5.58. The highest BCUT2D eigenvalue weighted by Gasteiger charge is 2.53. The van der Waals surface area contributed by atoms with Gasteiger partial charge in [0.1, 0.15) is 0 Å². The molecule has 3 aliphatic rings. The molecule has 1 heterocycles. The summed E-state index contributed by atoms with van der Waals surface area (Å²) in [6.45, 7) is 2.85. The molecule has 2 bridgehead atoms. The van der Waals surface area contributed by atoms with Gasteiger partial charge in [-0.2, -0.15) is 0 Å². The standard InChI is InChI=1S/C11H18N/c1-12(2)6-10-8-3-4-9(5-8)11(10)7-12/h3-4,8-11H,5-7H2,1-2H3/q+1/t8-,9-,10-,11-/m0/s1. The minimum absolute atomic E-state index is 0.958. The molecular weight excluding hydrogens is 146 g/mol. The Morgan fingerprint density at radius 1 is 1.00 bits per heavy atom. The predicted octanol–water partition coefficient (Wildman–Crippen LogP) is 1.51. The summed E-state index contributed by atoms with van der Waals surface area (Å²) in [6, 6.07) is 0. The van der Waals surface area contributed by atoms with Crippen LogP contribution in [0.2, 0.25) is 0 Å². The zero-order valence-corrected chi connectivity index (χ0v) is 8.03. The summed E-state index contributed by atoms with van der Waals surface area (Å²) in [5.74, 6) is 3.99. The first kappa shape index (κ1) is 7.14. The molecule has 0 aromatic carbocycles. The van der Waals surface area contributed by atoms with Gasteiger partial charge in [-0.3, -0.25) is 0 Å². The van der Waals surface area contributed by atoms with Gasteiger partial charge >= 0.3 is 0 Å². The molecule has 0 amide bonds. The first-order chi connectivity index (χ1) is 5.66. The lowest BCUT2D eigenvalue weighted by Crippen LogP contribution is -2.38. The van der Waals surface area contributed by atoms with E-state index in [-0.39, 0.29) is 0 Å². The van der Waals surface area contributed by atoms with Crippen LogP contribution < -0.4 is 0 Å². The first-order valence-electron chi connectivity index (χ1n) is 5.16. The molecule has 1 nitrogen and oxygen atoms in total. The van der Waals surface area contributed by atoms with Gasteiger partial charge in [-0.25, -0.2) is 0 Å². The van der Waals surface area contributed by atoms with E-state index in [0.29, 0.717) is 0 Å². The molecule has 2 aliphatic carbocycles. The van der Waals surface area contributed by atoms with Crippen molar-refractivity contribution >= 4 is 0 Å². The Bertz CT molecular complexity index is 219. The van der Waals surface area contributed by atoms with Crippen molar-refractivity contribution in [3.63, 3.8) is 0 Å². The molecule has 1 saturated carbocycles. The number of hydrogen-bond acceptors (Lipinski definition) is 0. The quantitative estimate of drug-likeness (QED) is 0.376. The molecular formula is C11H18N+. The van der Waals surface area contributed by atoms with Crippen molar-refractivity contribution in [2.45, 2.75) is 6.42 Å². The SMILES string of the molecule is C[N+]1(C)C[C@@H]2[C@@H](C1)[C@H]1C=C[C@H]2C1. The Kier molecular flexibility index (Phi) is 1.16. The molecule has 0 radical (unpaired) electrons. The van der Waals surface area contributed by atoms with E-state index in [9.17, 15) is 0 Å². The van der Waals surface area contributed by atoms with Crippen LogP contribution in [-0.4, -0.2) is 31.7 Å². The summed E-state index contributed by atoms with van der Waals surface area (Å²) < 4.78 is 1.27. The lowest BCUT2D eigenvalue weighted by molar-refractivity contribution is -0.881. The van der Waals surface area contributed by atoms with Crippen molar-refractivity contribution in [1.82, 2.24) is 0 Å². The molecule has 12 heavy (non-hydrogen) atoms. The van der Waals surface area contributed by atoms with Crippen molar-refractivity contribution in [3.8, 4) is 0 Å². The monoisotopic (exact) mass is 164 g/mol. The molecule has 1 heteroatoms. The van der Waals surface area contributed by atoms with E-state index < -0.39 is 0 Å². The highest BCUT2D eigenvalue weighted by Crippen LogP contribution is 2.52. The first-order valence-corrected chi connectivity index (χ1v) is 5.16. The van der Waals surface area contributed by atoms with E-state index in [2.05, 4.69) is 26.2 Å². The average molecular weight is 164 g/mol. The topological polar surface area (TPSA) is 0 Å². The van der Waals surface area contributed by atoms with E-state index in [4.69, 9.17) is 0 Å². The van der Waals surface area contributed by atoms with Crippen LogP contribution in [0.25, 0.3) is 0 Å². The van der Waals surface area contributed by atoms with Crippen LogP contribution in [0.1, 0.15) is 6.42 Å². The summed E-state index contributed by atoms with van der Waals surface area (Å²) in [5, 5.41) is 0. The summed E-state index contributed by atoms with van der Waals surface area (Å²) in [6.07, 6.45) is 6.45. The van der Waals surface area contributed by atoms with E-state index in [1.807, 2.05) is 0 Å². The Hall–Kier alpha value is -0.300. The fraction of sp³-hybridized carbons (Fsp3) is 0.818. The maximum Gasteiger partial charge on any atom is 0.0822 e. The molecule has 1 aliphatic heterocycles. The molecule has 0 N–H and O–H groups in total. The minimum Gasteiger partial charge on any atom is -0.328 e. The number of hydrogen-bond donors (Lipinski definition) is 0. The van der Waals surface area contributed by atoms with Crippen LogP contribution in [0.4, 0.5) is 0 Å². The highest BCUT2D eigenvalue weighted by molar-refractivity contribution is 5.14. The average Bonchev–Trinajstić information content (AvgIpc) is 2.54. The zero-order chi connectivity index (χ0) is 8.34. The van der Waals surface area contributed by atoms with E-state index >= 15 is 0 Å². The molecule has 1 saturated heterocycles. The van der Waals surface area contributed by atoms with Crippen molar-refractivity contribution in [1.29, 1.82) is 0 Å². The lowest BCUT2D eigenvalue weighted by Gasteiger charge is -2.25. The van der Waals surface area contributed by atoms with Gasteiger partial charge in [0.25, 0.3) is 0 Å². The van der Waals surface area contributed by atoms with Crippen LogP contribution in [0.3, 0.4) is 0 Å². The third-order valence-electron chi connectivity index (χ3n) is 4.21. The van der Waals surface area contributed by atoms with Gasteiger partial charge in [0.15, 0.2) is 0 Å². The van der Waals surface area contributed by atoms with Gasteiger partial charge in [0, 0.05) is 11.8 Å². The summed E-state index contributed by atoms with van der Waals surface area (Å²) in [5.41, 5.74) is 0. The lowest BCUT2D eigenvalue weighted by atomic mass is 9.86. The fourth-order valence-corrected chi connectivity index (χ4v) is 3.78. The van der Waals surface area contributed by atoms with Crippen LogP contribution >= 0.6 is 0 Å². The van der Waals surface area contributed by atoms with Crippen molar-refractivity contribution in [2.24, 2.45) is 23.7 Å². The molecule has 2 fully saturated rings. The number of likely N-dealkylation sites (tertiary alicyclic amines) is 1. The maximum atomic E-state index is 2.48. The number of fused-ring (bicyclic) bond motifs is 5. The second-order valence-corrected chi connectivity index (χ2v) is 5.58. The molecule has 3 rings (SSSR count). The van der Waals surface area contributed by atoms with Crippen LogP contribution in [0.5, 0.6) is 0 Å². The molecule has 0 spiro atoms. The van der Waals surface area contributed by atoms with Gasteiger partial charge in [-0.05, 0) is 18.3 Å². The van der Waals surface area contributed by atoms with E-state index in [1.54, 1.807) is 0 Å². The largest absolute Gasteiger partial charge is 0.328 e. The van der Waals surface area contributed by atoms with Gasteiger partial charge in [-0.15, -0.1) is 0 Å². The Morgan fingerprint density at radius 3 is 2.00 bits per heavy atom. The normalized spacial score (nSPS) is 53.2. The number of rotatable bonds is 0. The Morgan fingerprint density at radius 2 is 1.50 bits per heavy atom. The van der Waals surface area contributed by atoms with Crippen molar-refractivity contribution < 1.29 is 4.48 Å². The third kappa shape index (κ3) is 0.779. The molecule has 66 valence electrons. The Balaban J connectivity index is 1.91. The van der Waals surface area contributed by atoms with Crippen LogP contribution in [0, 0.1) is 23.7 Å². The zero-order valence-electron chi connectivity index (χ0n) is 8.03. The Labute approximate surface area is 74.7 Å². The van der Waals surface area contributed by atoms with E-state index in [0.717, 1.165) is 23.7 Å². The van der Waals surface area contributed by atoms with Crippen molar-refractivity contribution in [3.05, 3.63) is 12.2 Å². The predicted molar refractivity (Wildman–Crippen MR) is 49.6 cm³/mol. The van der Waals surface area contributed by atoms with E-state index in [1.165, 1.54) is 24.0 Å². The summed E-state index contributed by atoms with van der Waals surface area (Å²) >= 11 is 0. The molecule has 0 aromatic heterocycles. The van der Waals surface area contributed by atoms with Gasteiger partial charge < -0.3 is 4.48 Å². The summed E-state index contributed by atoms with van der Waals surface area (Å²) in [7, 11) is 4.77. The van der Waals surface area contributed by atoms with Crippen LogP contribution in [0.15, 0.2) is 12.2 Å². The minimum atomic E-state index is 0.958. The smallest absolute Gasteiger partial charge is 0.0822 e. The maximum absolute atomic E-state index is 2.48. The highest BCUT2D eigenvalue weighted by atomic mass is 15.3. The third-order valence-corrected chi connectivity index (χ3v) is 4.21. The fourth-order valence-electron chi connectivity index (χ4n) is 3.78. The summed E-state index contributed by atoms with van der Waals surface area (Å²) in [4.78, 5) is 0. The number of nitrogens with zero attached hydrogens (tertiary/aromatic N) is 1. The van der Waals surface area contributed by atoms with Crippen LogP contribution in [-0.2, 0) is 0 Å². The molecule has 0 unspecified atom stereocenters. The number of allylic oxidation sites excluding steroid dienone is 2.